The van der Waals surface area contributed by atoms with Gasteiger partial charge in [-0.25, -0.2) is 4.39 Å². The minimum absolute atomic E-state index is 0.0522. The molecule has 8 heteroatoms. The van der Waals surface area contributed by atoms with Crippen LogP contribution in [0.25, 0.3) is 11.0 Å². The number of alkyl halides is 3. The van der Waals surface area contributed by atoms with Gasteiger partial charge >= 0.3 is 6.18 Å². The van der Waals surface area contributed by atoms with Crippen LogP contribution in [0.3, 0.4) is 0 Å². The summed E-state index contributed by atoms with van der Waals surface area (Å²) in [6, 6.07) is 6.68. The Morgan fingerprint density at radius 2 is 1.82 bits per heavy atom. The quantitative estimate of drug-likeness (QED) is 0.620. The number of aliphatic hydroxyl groups is 1. The first-order valence-corrected chi connectivity index (χ1v) is 8.76. The van der Waals surface area contributed by atoms with Crippen LogP contribution in [0.15, 0.2) is 36.5 Å². The van der Waals surface area contributed by atoms with Crippen LogP contribution in [0.5, 0.6) is 0 Å². The Hall–Kier alpha value is -2.48. The van der Waals surface area contributed by atoms with Crippen LogP contribution >= 0.6 is 0 Å². The van der Waals surface area contributed by atoms with Gasteiger partial charge in [0.2, 0.25) is 0 Å². The molecule has 0 amide bonds. The zero-order valence-corrected chi connectivity index (χ0v) is 15.7. The first kappa shape index (κ1) is 20.3. The van der Waals surface area contributed by atoms with Crippen molar-refractivity contribution in [3.8, 4) is 0 Å². The highest BCUT2D eigenvalue weighted by Gasteiger charge is 2.55. The molecular formula is C20H21F4N3O. The molecule has 2 N–H and O–H groups in total. The Balaban J connectivity index is 1.96. The molecule has 2 heterocycles. The zero-order chi connectivity index (χ0) is 20.7. The molecule has 28 heavy (non-hydrogen) atoms. The number of aryl methyl sites for hydroxylation is 1. The molecule has 0 saturated carbocycles. The number of fused-ring (bicyclic) bond motifs is 1. The molecule has 0 radical (unpaired) electrons. The van der Waals surface area contributed by atoms with E-state index in [0.717, 1.165) is 19.1 Å². The molecule has 2 atom stereocenters. The monoisotopic (exact) mass is 395 g/mol. The fourth-order valence-electron chi connectivity index (χ4n) is 3.80. The second kappa shape index (κ2) is 6.84. The van der Waals surface area contributed by atoms with Gasteiger partial charge in [0, 0.05) is 12.1 Å². The average Bonchev–Trinajstić information content (AvgIpc) is 2.96. The summed E-state index contributed by atoms with van der Waals surface area (Å²) in [7, 11) is 0. The van der Waals surface area contributed by atoms with E-state index in [1.54, 1.807) is 12.1 Å². The van der Waals surface area contributed by atoms with E-state index < -0.39 is 29.4 Å². The molecule has 0 fully saturated rings. The molecule has 2 unspecified atom stereocenters. The number of aromatic nitrogens is 3. The fraction of sp³-hybridized carbons (Fsp3) is 0.400. The summed E-state index contributed by atoms with van der Waals surface area (Å²) in [5.74, 6) is -0.745. The highest BCUT2D eigenvalue weighted by molar-refractivity contribution is 5.74. The van der Waals surface area contributed by atoms with Crippen molar-refractivity contribution in [2.45, 2.75) is 50.8 Å². The first-order chi connectivity index (χ1) is 12.9. The van der Waals surface area contributed by atoms with Gasteiger partial charge < -0.3 is 10.1 Å². The Kier molecular flexibility index (Phi) is 4.95. The molecule has 0 aliphatic heterocycles. The number of benzene rings is 1. The van der Waals surface area contributed by atoms with Crippen LogP contribution < -0.4 is 0 Å². The van der Waals surface area contributed by atoms with E-state index in [2.05, 4.69) is 15.2 Å². The molecule has 2 aromatic heterocycles. The first-order valence-electron chi connectivity index (χ1n) is 8.76. The van der Waals surface area contributed by atoms with Crippen molar-refractivity contribution in [2.75, 3.05) is 0 Å². The zero-order valence-electron chi connectivity index (χ0n) is 15.7. The molecule has 150 valence electrons. The van der Waals surface area contributed by atoms with E-state index in [1.807, 2.05) is 0 Å². The minimum atomic E-state index is -4.68. The number of hydrogen-bond donors (Lipinski definition) is 2. The lowest BCUT2D eigenvalue weighted by Crippen LogP contribution is -2.47. The molecule has 0 aliphatic carbocycles. The van der Waals surface area contributed by atoms with Crippen LogP contribution in [-0.4, -0.2) is 32.1 Å². The number of rotatable bonds is 5. The Morgan fingerprint density at radius 1 is 1.11 bits per heavy atom. The Labute approximate surface area is 159 Å². The fourth-order valence-corrected chi connectivity index (χ4v) is 3.80. The molecule has 4 nitrogen and oxygen atoms in total. The largest absolute Gasteiger partial charge is 0.398 e. The maximum Gasteiger partial charge on any atom is 0.398 e. The van der Waals surface area contributed by atoms with Gasteiger partial charge in [0.1, 0.15) is 11.3 Å². The van der Waals surface area contributed by atoms with Crippen molar-refractivity contribution in [1.82, 2.24) is 15.2 Å². The third-order valence-corrected chi connectivity index (χ3v) is 5.08. The van der Waals surface area contributed by atoms with Crippen LogP contribution in [-0.2, 0) is 11.8 Å². The summed E-state index contributed by atoms with van der Waals surface area (Å²) in [5, 5.41) is 18.5. The van der Waals surface area contributed by atoms with Gasteiger partial charge in [-0.3, -0.25) is 0 Å². The summed E-state index contributed by atoms with van der Waals surface area (Å²) in [6.45, 7) is 3.85. The lowest BCUT2D eigenvalue weighted by molar-refractivity contribution is -0.200. The summed E-state index contributed by atoms with van der Waals surface area (Å²) in [4.78, 5) is 3.03. The number of nitrogens with one attached hydrogen (secondary N) is 1. The standard InChI is InChI=1S/C20H21F4N3O/c1-12-4-5-13(21)8-15(12)19(3,20(22,23)24)11-18(2,28)10-14-9-17-16(26-14)6-7-25-27-17/h4-9,26,28H,10-11H2,1-3H3. The predicted molar refractivity (Wildman–Crippen MR) is 97.4 cm³/mol. The SMILES string of the molecule is Cc1ccc(F)cc1C(C)(CC(C)(O)Cc1cc2nnccc2[nH]1)C(F)(F)F. The lowest BCUT2D eigenvalue weighted by Gasteiger charge is -2.39. The Morgan fingerprint density at radius 3 is 2.46 bits per heavy atom. The van der Waals surface area contributed by atoms with Crippen LogP contribution in [0, 0.1) is 12.7 Å². The van der Waals surface area contributed by atoms with Crippen molar-refractivity contribution >= 4 is 11.0 Å². The predicted octanol–water partition coefficient (Wildman–Crippen LogP) is 4.61. The maximum absolute atomic E-state index is 14.1. The van der Waals surface area contributed by atoms with E-state index in [-0.39, 0.29) is 12.0 Å². The van der Waals surface area contributed by atoms with Crippen LogP contribution in [0.1, 0.15) is 37.1 Å². The van der Waals surface area contributed by atoms with Gasteiger partial charge in [-0.2, -0.15) is 18.3 Å². The normalized spacial score (nSPS) is 16.7. The molecule has 3 rings (SSSR count). The summed E-state index contributed by atoms with van der Waals surface area (Å²) >= 11 is 0. The van der Waals surface area contributed by atoms with E-state index in [1.165, 1.54) is 26.1 Å². The number of hydrogen-bond acceptors (Lipinski definition) is 3. The van der Waals surface area contributed by atoms with Crippen molar-refractivity contribution in [3.63, 3.8) is 0 Å². The van der Waals surface area contributed by atoms with Gasteiger partial charge in [0.25, 0.3) is 0 Å². The van der Waals surface area contributed by atoms with Gasteiger partial charge in [-0.15, -0.1) is 5.10 Å². The van der Waals surface area contributed by atoms with Crippen LogP contribution in [0.4, 0.5) is 17.6 Å². The highest BCUT2D eigenvalue weighted by Crippen LogP contribution is 2.47. The number of halogens is 4. The molecule has 0 saturated heterocycles. The molecule has 0 spiro atoms. The second-order valence-electron chi connectivity index (χ2n) is 7.76. The molecular weight excluding hydrogens is 374 g/mol. The smallest absolute Gasteiger partial charge is 0.390 e. The van der Waals surface area contributed by atoms with Crippen molar-refractivity contribution < 1.29 is 22.7 Å². The molecule has 0 aliphatic rings. The maximum atomic E-state index is 14.1. The molecule has 0 bridgehead atoms. The van der Waals surface area contributed by atoms with Gasteiger partial charge in [-0.05, 0) is 62.6 Å². The van der Waals surface area contributed by atoms with E-state index in [0.29, 0.717) is 22.3 Å². The second-order valence-corrected chi connectivity index (χ2v) is 7.76. The summed E-state index contributed by atoms with van der Waals surface area (Å²) in [5.41, 5.74) is -2.21. The number of nitrogens with zero attached hydrogens (tertiary/aromatic N) is 2. The minimum Gasteiger partial charge on any atom is -0.390 e. The van der Waals surface area contributed by atoms with Crippen molar-refractivity contribution in [3.05, 3.63) is 59.2 Å². The number of aromatic amines is 1. The molecule has 3 aromatic rings. The van der Waals surface area contributed by atoms with E-state index in [9.17, 15) is 22.7 Å². The van der Waals surface area contributed by atoms with E-state index in [4.69, 9.17) is 0 Å². The third-order valence-electron chi connectivity index (χ3n) is 5.08. The highest BCUT2D eigenvalue weighted by atomic mass is 19.4. The summed E-state index contributed by atoms with van der Waals surface area (Å²) < 4.78 is 56.0. The lowest BCUT2D eigenvalue weighted by atomic mass is 9.71. The molecule has 1 aromatic carbocycles. The third kappa shape index (κ3) is 3.87. The van der Waals surface area contributed by atoms with Gasteiger partial charge in [0.15, 0.2) is 0 Å². The van der Waals surface area contributed by atoms with Gasteiger partial charge in [-0.1, -0.05) is 6.07 Å². The summed E-state index contributed by atoms with van der Waals surface area (Å²) in [6.07, 6.45) is -3.87. The van der Waals surface area contributed by atoms with Crippen LogP contribution in [0.2, 0.25) is 0 Å². The number of H-pyrrole nitrogens is 1. The topological polar surface area (TPSA) is 61.8 Å². The average molecular weight is 395 g/mol. The van der Waals surface area contributed by atoms with Gasteiger partial charge in [0.05, 0.1) is 22.7 Å². The van der Waals surface area contributed by atoms with E-state index >= 15 is 0 Å². The van der Waals surface area contributed by atoms with Crippen molar-refractivity contribution in [1.29, 1.82) is 0 Å². The Bertz CT molecular complexity index is 964. The van der Waals surface area contributed by atoms with Crippen molar-refractivity contribution in [2.24, 2.45) is 0 Å².